The lowest BCUT2D eigenvalue weighted by Gasteiger charge is -2.10. The topological polar surface area (TPSA) is 47.6 Å². The summed E-state index contributed by atoms with van der Waals surface area (Å²) in [7, 11) is 0. The molecule has 1 aromatic rings. The van der Waals surface area contributed by atoms with E-state index in [2.05, 4.69) is 38.1 Å². The van der Waals surface area contributed by atoms with Gasteiger partial charge in [-0.15, -0.1) is 0 Å². The fourth-order valence-corrected chi connectivity index (χ4v) is 2.61. The minimum Gasteiger partial charge on any atom is -0.193 e. The second kappa shape index (κ2) is 10.6. The number of allylic oxidation sites excluding steroid dienone is 2. The van der Waals surface area contributed by atoms with Crippen LogP contribution in [0.1, 0.15) is 75.5 Å². The molecule has 0 aliphatic rings. The van der Waals surface area contributed by atoms with Gasteiger partial charge in [0.15, 0.2) is 0 Å². The van der Waals surface area contributed by atoms with E-state index in [1.807, 2.05) is 6.07 Å². The first-order valence-corrected chi connectivity index (χ1v) is 8.38. The van der Waals surface area contributed by atoms with E-state index in [9.17, 15) is 5.26 Å². The Morgan fingerprint density at radius 3 is 2.41 bits per heavy atom. The highest BCUT2D eigenvalue weighted by Crippen LogP contribution is 2.24. The SMILES string of the molecule is CCCCC/C(=C\C#N)c1ccc(CCCCC)c(C#N)c1. The molecule has 2 nitrogen and oxygen atoms in total. The van der Waals surface area contributed by atoms with E-state index < -0.39 is 0 Å². The monoisotopic (exact) mass is 294 g/mol. The smallest absolute Gasteiger partial charge is 0.0994 e. The lowest BCUT2D eigenvalue weighted by atomic mass is 9.94. The molecule has 0 heterocycles. The van der Waals surface area contributed by atoms with Crippen LogP contribution in [0, 0.1) is 22.7 Å². The number of hydrogen-bond donors (Lipinski definition) is 0. The zero-order valence-electron chi connectivity index (χ0n) is 13.9. The highest BCUT2D eigenvalue weighted by Gasteiger charge is 2.07. The van der Waals surface area contributed by atoms with Gasteiger partial charge in [0.1, 0.15) is 0 Å². The van der Waals surface area contributed by atoms with Crippen molar-refractivity contribution in [2.75, 3.05) is 0 Å². The van der Waals surface area contributed by atoms with Crippen LogP contribution in [-0.4, -0.2) is 0 Å². The van der Waals surface area contributed by atoms with Gasteiger partial charge in [-0.25, -0.2) is 0 Å². The van der Waals surface area contributed by atoms with Crippen LogP contribution in [0.15, 0.2) is 24.3 Å². The Bertz CT molecular complexity index is 570. The van der Waals surface area contributed by atoms with Gasteiger partial charge in [0.2, 0.25) is 0 Å². The molecule has 22 heavy (non-hydrogen) atoms. The Kier molecular flexibility index (Phi) is 8.70. The van der Waals surface area contributed by atoms with Crippen molar-refractivity contribution in [3.05, 3.63) is 41.0 Å². The van der Waals surface area contributed by atoms with Crippen molar-refractivity contribution in [3.8, 4) is 12.1 Å². The minimum absolute atomic E-state index is 0.757. The Hall–Kier alpha value is -2.06. The van der Waals surface area contributed by atoms with Crippen LogP contribution in [0.5, 0.6) is 0 Å². The van der Waals surface area contributed by atoms with Crippen molar-refractivity contribution in [1.29, 1.82) is 10.5 Å². The molecule has 0 saturated heterocycles. The van der Waals surface area contributed by atoms with E-state index in [1.54, 1.807) is 6.08 Å². The minimum atomic E-state index is 0.757. The quantitative estimate of drug-likeness (QED) is 0.428. The molecule has 0 bridgehead atoms. The molecule has 0 aliphatic heterocycles. The van der Waals surface area contributed by atoms with Crippen LogP contribution in [0.2, 0.25) is 0 Å². The zero-order chi connectivity index (χ0) is 16.2. The van der Waals surface area contributed by atoms with Gasteiger partial charge in [0, 0.05) is 6.08 Å². The average Bonchev–Trinajstić information content (AvgIpc) is 2.54. The lowest BCUT2D eigenvalue weighted by Crippen LogP contribution is -1.94. The predicted octanol–water partition coefficient (Wildman–Crippen LogP) is 5.78. The van der Waals surface area contributed by atoms with Crippen molar-refractivity contribution < 1.29 is 0 Å². The molecule has 0 aromatic heterocycles. The second-order valence-electron chi connectivity index (χ2n) is 5.70. The van der Waals surface area contributed by atoms with Crippen LogP contribution < -0.4 is 0 Å². The van der Waals surface area contributed by atoms with Crippen LogP contribution in [-0.2, 0) is 6.42 Å². The third kappa shape index (κ3) is 5.74. The molecule has 0 N–H and O–H groups in total. The molecule has 1 aromatic carbocycles. The fourth-order valence-electron chi connectivity index (χ4n) is 2.61. The highest BCUT2D eigenvalue weighted by atomic mass is 14.3. The van der Waals surface area contributed by atoms with Gasteiger partial charge in [0.25, 0.3) is 0 Å². The summed E-state index contributed by atoms with van der Waals surface area (Å²) in [5, 5.41) is 18.4. The molecule has 1 rings (SSSR count). The number of nitrogens with zero attached hydrogens (tertiary/aromatic N) is 2. The Morgan fingerprint density at radius 1 is 1.05 bits per heavy atom. The summed E-state index contributed by atoms with van der Waals surface area (Å²) in [6.07, 6.45) is 10.4. The molecule has 0 atom stereocenters. The zero-order valence-corrected chi connectivity index (χ0v) is 13.9. The molecular weight excluding hydrogens is 268 g/mol. The summed E-state index contributed by atoms with van der Waals surface area (Å²) in [5.41, 5.74) is 3.96. The molecule has 0 fully saturated rings. The molecule has 0 unspecified atom stereocenters. The van der Waals surface area contributed by atoms with E-state index in [0.29, 0.717) is 0 Å². The van der Waals surface area contributed by atoms with Crippen molar-refractivity contribution in [1.82, 2.24) is 0 Å². The molecule has 0 saturated carbocycles. The van der Waals surface area contributed by atoms with Gasteiger partial charge in [-0.3, -0.25) is 0 Å². The lowest BCUT2D eigenvalue weighted by molar-refractivity contribution is 0.716. The van der Waals surface area contributed by atoms with Gasteiger partial charge < -0.3 is 0 Å². The average molecular weight is 294 g/mol. The van der Waals surface area contributed by atoms with Crippen LogP contribution >= 0.6 is 0 Å². The standard InChI is InChI=1S/C20H26N2/c1-3-5-7-9-17-11-12-19(15-20(17)16-22)18(13-14-21)10-8-6-4-2/h11-13,15H,3-10H2,1-2H3/b18-13+. The van der Waals surface area contributed by atoms with Crippen LogP contribution in [0.3, 0.4) is 0 Å². The molecular formula is C20H26N2. The maximum Gasteiger partial charge on any atom is 0.0994 e. The second-order valence-corrected chi connectivity index (χ2v) is 5.70. The summed E-state index contributed by atoms with van der Waals surface area (Å²) in [6, 6.07) is 10.5. The summed E-state index contributed by atoms with van der Waals surface area (Å²) in [6.45, 7) is 4.36. The first-order chi connectivity index (χ1) is 10.8. The summed E-state index contributed by atoms with van der Waals surface area (Å²) in [5.74, 6) is 0. The third-order valence-electron chi connectivity index (χ3n) is 3.94. The van der Waals surface area contributed by atoms with Crippen molar-refractivity contribution in [2.24, 2.45) is 0 Å². The number of benzene rings is 1. The Morgan fingerprint density at radius 2 is 1.77 bits per heavy atom. The molecule has 2 heteroatoms. The van der Waals surface area contributed by atoms with Crippen LogP contribution in [0.25, 0.3) is 5.57 Å². The summed E-state index contributed by atoms with van der Waals surface area (Å²) < 4.78 is 0. The molecule has 0 amide bonds. The predicted molar refractivity (Wildman–Crippen MR) is 92.1 cm³/mol. The Balaban J connectivity index is 2.92. The van der Waals surface area contributed by atoms with E-state index in [1.165, 1.54) is 25.7 Å². The maximum atomic E-state index is 9.39. The first-order valence-electron chi connectivity index (χ1n) is 8.38. The van der Waals surface area contributed by atoms with E-state index in [0.717, 1.165) is 47.9 Å². The van der Waals surface area contributed by atoms with Crippen molar-refractivity contribution >= 4 is 5.57 Å². The molecule has 116 valence electrons. The third-order valence-corrected chi connectivity index (χ3v) is 3.94. The Labute approximate surface area is 135 Å². The van der Waals surface area contributed by atoms with Gasteiger partial charge >= 0.3 is 0 Å². The van der Waals surface area contributed by atoms with E-state index in [4.69, 9.17) is 5.26 Å². The largest absolute Gasteiger partial charge is 0.193 e. The van der Waals surface area contributed by atoms with Gasteiger partial charge in [-0.05, 0) is 48.4 Å². The molecule has 0 spiro atoms. The van der Waals surface area contributed by atoms with E-state index >= 15 is 0 Å². The molecule has 0 aliphatic carbocycles. The first kappa shape index (κ1) is 18.0. The summed E-state index contributed by atoms with van der Waals surface area (Å²) in [4.78, 5) is 0. The number of aryl methyl sites for hydroxylation is 1. The van der Waals surface area contributed by atoms with Crippen molar-refractivity contribution in [2.45, 2.75) is 65.2 Å². The van der Waals surface area contributed by atoms with Gasteiger partial charge in [0.05, 0.1) is 17.7 Å². The van der Waals surface area contributed by atoms with Crippen molar-refractivity contribution in [3.63, 3.8) is 0 Å². The number of hydrogen-bond acceptors (Lipinski definition) is 2. The number of rotatable bonds is 9. The van der Waals surface area contributed by atoms with E-state index in [-0.39, 0.29) is 0 Å². The summed E-state index contributed by atoms with van der Waals surface area (Å²) >= 11 is 0. The van der Waals surface area contributed by atoms with Gasteiger partial charge in [-0.1, -0.05) is 51.7 Å². The molecule has 0 radical (unpaired) electrons. The van der Waals surface area contributed by atoms with Gasteiger partial charge in [-0.2, -0.15) is 10.5 Å². The van der Waals surface area contributed by atoms with Crippen LogP contribution in [0.4, 0.5) is 0 Å². The highest BCUT2D eigenvalue weighted by molar-refractivity contribution is 5.69. The normalized spacial score (nSPS) is 11.0. The fraction of sp³-hybridized carbons (Fsp3) is 0.500. The number of unbranched alkanes of at least 4 members (excludes halogenated alkanes) is 4. The number of nitriles is 2. The maximum absolute atomic E-state index is 9.39.